The van der Waals surface area contributed by atoms with E-state index >= 15 is 0 Å². The Balaban J connectivity index is 1.77. The summed E-state index contributed by atoms with van der Waals surface area (Å²) < 4.78 is 29.7. The van der Waals surface area contributed by atoms with Crippen molar-refractivity contribution in [2.75, 3.05) is 10.6 Å². The van der Waals surface area contributed by atoms with Crippen molar-refractivity contribution in [2.45, 2.75) is 0 Å². The van der Waals surface area contributed by atoms with Gasteiger partial charge in [0.05, 0.1) is 17.1 Å². The predicted octanol–water partition coefficient (Wildman–Crippen LogP) is 4.93. The van der Waals surface area contributed by atoms with Crippen LogP contribution < -0.4 is 10.6 Å². The standard InChI is InChI=1S/C23H15ClF2N4O2/c24-21-19(30-12-6-5-11-20(30)29-21)13-14(22(31)27-17-9-3-1-7-15(17)25)23(32)28-18-10-4-2-8-16(18)26/h1-13H,(H,27,31)(H,28,32). The minimum atomic E-state index is -0.911. The van der Waals surface area contributed by atoms with Crippen molar-refractivity contribution in [1.82, 2.24) is 9.38 Å². The van der Waals surface area contributed by atoms with Gasteiger partial charge in [-0.15, -0.1) is 0 Å². The molecule has 32 heavy (non-hydrogen) atoms. The van der Waals surface area contributed by atoms with E-state index in [1.807, 2.05) is 0 Å². The molecule has 0 radical (unpaired) electrons. The summed E-state index contributed by atoms with van der Waals surface area (Å²) >= 11 is 6.23. The number of nitrogens with one attached hydrogen (secondary N) is 2. The third-order valence-electron chi connectivity index (χ3n) is 4.54. The third-order valence-corrected chi connectivity index (χ3v) is 4.81. The number of carbonyl (C=O) groups excluding carboxylic acids is 2. The van der Waals surface area contributed by atoms with E-state index in [1.165, 1.54) is 54.6 Å². The molecule has 0 saturated heterocycles. The molecule has 9 heteroatoms. The Hall–Kier alpha value is -4.04. The number of hydrogen-bond acceptors (Lipinski definition) is 3. The van der Waals surface area contributed by atoms with Crippen molar-refractivity contribution in [2.24, 2.45) is 0 Å². The van der Waals surface area contributed by atoms with Crippen LogP contribution in [0.2, 0.25) is 5.15 Å². The van der Waals surface area contributed by atoms with Gasteiger partial charge in [-0.3, -0.25) is 14.0 Å². The number of benzene rings is 2. The number of imidazole rings is 1. The lowest BCUT2D eigenvalue weighted by atomic mass is 10.1. The van der Waals surface area contributed by atoms with Gasteiger partial charge in [-0.1, -0.05) is 41.9 Å². The van der Waals surface area contributed by atoms with Gasteiger partial charge < -0.3 is 10.6 Å². The number of hydrogen-bond donors (Lipinski definition) is 2. The molecule has 4 aromatic rings. The fourth-order valence-corrected chi connectivity index (χ4v) is 3.22. The quantitative estimate of drug-likeness (QED) is 0.256. The van der Waals surface area contributed by atoms with Crippen molar-refractivity contribution < 1.29 is 18.4 Å². The van der Waals surface area contributed by atoms with Crippen molar-refractivity contribution in [1.29, 1.82) is 0 Å². The maximum atomic E-state index is 14.0. The van der Waals surface area contributed by atoms with Gasteiger partial charge in [0.15, 0.2) is 5.15 Å². The van der Waals surface area contributed by atoms with Crippen molar-refractivity contribution in [3.63, 3.8) is 0 Å². The number of halogens is 3. The molecule has 0 fully saturated rings. The van der Waals surface area contributed by atoms with E-state index < -0.39 is 29.0 Å². The van der Waals surface area contributed by atoms with Crippen LogP contribution in [0.25, 0.3) is 11.7 Å². The third kappa shape index (κ3) is 4.35. The molecule has 160 valence electrons. The molecular formula is C23H15ClF2N4O2. The largest absolute Gasteiger partial charge is 0.319 e. The molecular weight excluding hydrogens is 438 g/mol. The number of nitrogens with zero attached hydrogens (tertiary/aromatic N) is 2. The Morgan fingerprint density at radius 3 is 1.94 bits per heavy atom. The lowest BCUT2D eigenvalue weighted by Crippen LogP contribution is -2.26. The van der Waals surface area contributed by atoms with Gasteiger partial charge >= 0.3 is 0 Å². The number of pyridine rings is 1. The number of rotatable bonds is 5. The van der Waals surface area contributed by atoms with E-state index in [1.54, 1.807) is 28.8 Å². The van der Waals surface area contributed by atoms with Gasteiger partial charge in [-0.05, 0) is 42.5 Å². The molecule has 0 bridgehead atoms. The second kappa shape index (κ2) is 8.99. The number of fused-ring (bicyclic) bond motifs is 1. The summed E-state index contributed by atoms with van der Waals surface area (Å²) in [5.74, 6) is -3.18. The van der Waals surface area contributed by atoms with Gasteiger partial charge in [0.2, 0.25) is 0 Å². The Bertz CT molecular complexity index is 1310. The summed E-state index contributed by atoms with van der Waals surface area (Å²) in [4.78, 5) is 30.1. The fourth-order valence-electron chi connectivity index (χ4n) is 2.99. The van der Waals surface area contributed by atoms with Gasteiger partial charge in [0.25, 0.3) is 11.8 Å². The first-order valence-electron chi connectivity index (χ1n) is 9.40. The van der Waals surface area contributed by atoms with Crippen molar-refractivity contribution >= 4 is 46.5 Å². The highest BCUT2D eigenvalue weighted by Crippen LogP contribution is 2.23. The number of para-hydroxylation sites is 2. The Kier molecular flexibility index (Phi) is 5.96. The first-order valence-corrected chi connectivity index (χ1v) is 9.78. The minimum Gasteiger partial charge on any atom is -0.319 e. The first kappa shape index (κ1) is 21.2. The highest BCUT2D eigenvalue weighted by Gasteiger charge is 2.22. The molecule has 0 aliphatic carbocycles. The topological polar surface area (TPSA) is 75.5 Å². The Morgan fingerprint density at radius 1 is 0.844 bits per heavy atom. The molecule has 2 aromatic heterocycles. The molecule has 2 amide bonds. The molecule has 0 aliphatic heterocycles. The average Bonchev–Trinajstić information content (AvgIpc) is 3.10. The first-order chi connectivity index (χ1) is 15.4. The van der Waals surface area contributed by atoms with E-state index in [0.29, 0.717) is 5.65 Å². The summed E-state index contributed by atoms with van der Waals surface area (Å²) in [5, 5.41) is 4.77. The number of amides is 2. The zero-order valence-electron chi connectivity index (χ0n) is 16.4. The molecule has 2 heterocycles. The van der Waals surface area contributed by atoms with Crippen LogP contribution in [0.3, 0.4) is 0 Å². The lowest BCUT2D eigenvalue weighted by molar-refractivity contribution is -0.118. The van der Waals surface area contributed by atoms with Crippen LogP contribution in [-0.2, 0) is 9.59 Å². The monoisotopic (exact) mass is 452 g/mol. The zero-order valence-corrected chi connectivity index (χ0v) is 17.1. The van der Waals surface area contributed by atoms with E-state index in [-0.39, 0.29) is 22.2 Å². The molecule has 0 spiro atoms. The van der Waals surface area contributed by atoms with Crippen molar-refractivity contribution in [3.05, 3.63) is 101 Å². The van der Waals surface area contributed by atoms with Gasteiger partial charge in [-0.25, -0.2) is 13.8 Å². The van der Waals surface area contributed by atoms with E-state index in [4.69, 9.17) is 11.6 Å². The smallest absolute Gasteiger partial charge is 0.261 e. The van der Waals surface area contributed by atoms with Gasteiger partial charge in [0.1, 0.15) is 22.9 Å². The summed E-state index contributed by atoms with van der Waals surface area (Å²) in [6.07, 6.45) is 2.87. The molecule has 2 N–H and O–H groups in total. The summed E-state index contributed by atoms with van der Waals surface area (Å²) in [7, 11) is 0. The maximum absolute atomic E-state index is 14.0. The molecule has 6 nitrogen and oxygen atoms in total. The van der Waals surface area contributed by atoms with Crippen LogP contribution in [-0.4, -0.2) is 21.2 Å². The second-order valence-electron chi connectivity index (χ2n) is 6.64. The second-order valence-corrected chi connectivity index (χ2v) is 7.00. The van der Waals surface area contributed by atoms with E-state index in [9.17, 15) is 18.4 Å². The molecule has 4 rings (SSSR count). The lowest BCUT2D eigenvalue weighted by Gasteiger charge is -2.11. The zero-order chi connectivity index (χ0) is 22.7. The average molecular weight is 453 g/mol. The SMILES string of the molecule is O=C(Nc1ccccc1F)C(=Cc1c(Cl)nc2ccccn12)C(=O)Nc1ccccc1F. The molecule has 2 aromatic carbocycles. The highest BCUT2D eigenvalue weighted by molar-refractivity contribution is 6.33. The molecule has 0 saturated carbocycles. The maximum Gasteiger partial charge on any atom is 0.261 e. The Labute approximate surface area is 186 Å². The number of anilines is 2. The molecule has 0 aliphatic rings. The van der Waals surface area contributed by atoms with Crippen LogP contribution in [0, 0.1) is 11.6 Å². The molecule has 0 unspecified atom stereocenters. The summed E-state index contributed by atoms with van der Waals surface area (Å²) in [6, 6.07) is 16.2. The number of aromatic nitrogens is 2. The van der Waals surface area contributed by atoms with Crippen LogP contribution in [0.15, 0.2) is 78.5 Å². The normalized spacial score (nSPS) is 10.6. The van der Waals surface area contributed by atoms with Crippen LogP contribution in [0.5, 0.6) is 0 Å². The Morgan fingerprint density at radius 2 is 1.38 bits per heavy atom. The summed E-state index contributed by atoms with van der Waals surface area (Å²) in [6.45, 7) is 0. The highest BCUT2D eigenvalue weighted by atomic mass is 35.5. The van der Waals surface area contributed by atoms with E-state index in [2.05, 4.69) is 15.6 Å². The summed E-state index contributed by atoms with van der Waals surface area (Å²) in [5.41, 5.74) is 0.0819. The van der Waals surface area contributed by atoms with Crippen LogP contribution in [0.4, 0.5) is 20.2 Å². The van der Waals surface area contributed by atoms with Crippen molar-refractivity contribution in [3.8, 4) is 0 Å². The van der Waals surface area contributed by atoms with Crippen LogP contribution in [0.1, 0.15) is 5.69 Å². The van der Waals surface area contributed by atoms with Gasteiger partial charge in [0, 0.05) is 6.20 Å². The minimum absolute atomic E-state index is 0.0473. The van der Waals surface area contributed by atoms with E-state index in [0.717, 1.165) is 0 Å². The van der Waals surface area contributed by atoms with Crippen LogP contribution >= 0.6 is 11.6 Å². The fraction of sp³-hybridized carbons (Fsp3) is 0. The number of carbonyl (C=O) groups is 2. The molecule has 0 atom stereocenters. The van der Waals surface area contributed by atoms with Gasteiger partial charge in [-0.2, -0.15) is 0 Å². The predicted molar refractivity (Wildman–Crippen MR) is 118 cm³/mol.